The molecule has 0 spiro atoms. The first-order valence-corrected chi connectivity index (χ1v) is 33.6. The summed E-state index contributed by atoms with van der Waals surface area (Å²) in [6.07, 6.45) is 79.5. The molecule has 0 heterocycles. The van der Waals surface area contributed by atoms with Crippen molar-refractivity contribution in [3.63, 3.8) is 0 Å². The van der Waals surface area contributed by atoms with Gasteiger partial charge in [0.15, 0.2) is 0 Å². The minimum Gasteiger partial charge on any atom is -0.466 e. The van der Waals surface area contributed by atoms with Crippen molar-refractivity contribution in [1.29, 1.82) is 0 Å². The largest absolute Gasteiger partial charge is 0.466 e. The highest BCUT2D eigenvalue weighted by atomic mass is 16.5. The molecule has 0 rings (SSSR count). The maximum absolute atomic E-state index is 12.5. The van der Waals surface area contributed by atoms with Crippen LogP contribution in [0.4, 0.5) is 0 Å². The van der Waals surface area contributed by atoms with E-state index >= 15 is 0 Å². The van der Waals surface area contributed by atoms with Crippen LogP contribution in [-0.4, -0.2) is 47.4 Å². The van der Waals surface area contributed by atoms with E-state index in [-0.39, 0.29) is 18.5 Å². The molecular weight excluding hydrogens is 911 g/mol. The lowest BCUT2D eigenvalue weighted by Crippen LogP contribution is -2.45. The van der Waals surface area contributed by atoms with Crippen LogP contribution in [0.2, 0.25) is 0 Å². The standard InChI is InChI=1S/C68H131NO5/c1-3-5-7-9-11-13-15-17-19-20-30-34-38-42-46-50-54-58-62-68(73)74-63-59-55-51-47-43-39-35-31-28-26-24-22-21-23-25-27-29-33-37-41-45-49-53-57-61-67(72)69-65(64-70)66(71)60-56-52-48-44-40-36-32-18-16-14-12-10-8-6-4-2/h23,25,56,60,65-66,70-71H,3-22,24,26-55,57-59,61-64H2,1-2H3,(H,69,72)/b25-23-,60-56+. The molecule has 0 saturated heterocycles. The van der Waals surface area contributed by atoms with Crippen molar-refractivity contribution in [1.82, 2.24) is 5.32 Å². The number of ether oxygens (including phenoxy) is 1. The second-order valence-electron chi connectivity index (χ2n) is 23.2. The Balaban J connectivity index is 3.39. The fourth-order valence-electron chi connectivity index (χ4n) is 10.6. The zero-order chi connectivity index (χ0) is 53.6. The molecule has 0 saturated carbocycles. The van der Waals surface area contributed by atoms with Gasteiger partial charge in [-0.25, -0.2) is 0 Å². The minimum atomic E-state index is -0.847. The van der Waals surface area contributed by atoms with Gasteiger partial charge in [0, 0.05) is 12.8 Å². The van der Waals surface area contributed by atoms with Crippen molar-refractivity contribution in [2.75, 3.05) is 13.2 Å². The molecule has 6 nitrogen and oxygen atoms in total. The number of aliphatic hydroxyl groups excluding tert-OH is 2. The second-order valence-corrected chi connectivity index (χ2v) is 23.2. The van der Waals surface area contributed by atoms with Gasteiger partial charge in [0.05, 0.1) is 25.4 Å². The monoisotopic (exact) mass is 1040 g/mol. The molecule has 0 aliphatic rings. The van der Waals surface area contributed by atoms with Crippen LogP contribution < -0.4 is 5.32 Å². The van der Waals surface area contributed by atoms with E-state index < -0.39 is 12.1 Å². The molecule has 0 bridgehead atoms. The average Bonchev–Trinajstić information content (AvgIpc) is 3.40. The summed E-state index contributed by atoms with van der Waals surface area (Å²) >= 11 is 0. The van der Waals surface area contributed by atoms with Crippen LogP contribution in [0.1, 0.15) is 373 Å². The molecule has 438 valence electrons. The second kappa shape index (κ2) is 63.9. The smallest absolute Gasteiger partial charge is 0.305 e. The third-order valence-electron chi connectivity index (χ3n) is 15.7. The number of hydrogen-bond donors (Lipinski definition) is 3. The number of allylic oxidation sites excluding steroid dienone is 3. The number of amides is 1. The highest BCUT2D eigenvalue weighted by molar-refractivity contribution is 5.76. The highest BCUT2D eigenvalue weighted by Crippen LogP contribution is 2.18. The predicted octanol–water partition coefficient (Wildman–Crippen LogP) is 21.4. The van der Waals surface area contributed by atoms with Gasteiger partial charge < -0.3 is 20.3 Å². The van der Waals surface area contributed by atoms with Gasteiger partial charge in [-0.15, -0.1) is 0 Å². The molecule has 0 radical (unpaired) electrons. The number of hydrogen-bond acceptors (Lipinski definition) is 5. The maximum Gasteiger partial charge on any atom is 0.305 e. The molecule has 3 N–H and O–H groups in total. The molecule has 2 atom stereocenters. The van der Waals surface area contributed by atoms with Crippen molar-refractivity contribution in [3.05, 3.63) is 24.3 Å². The molecule has 0 fully saturated rings. The molecule has 0 aliphatic heterocycles. The van der Waals surface area contributed by atoms with Crippen LogP contribution in [0, 0.1) is 0 Å². The third-order valence-corrected chi connectivity index (χ3v) is 15.7. The Bertz CT molecular complexity index is 1150. The summed E-state index contributed by atoms with van der Waals surface area (Å²) in [4.78, 5) is 24.6. The van der Waals surface area contributed by atoms with Gasteiger partial charge in [-0.1, -0.05) is 327 Å². The van der Waals surface area contributed by atoms with E-state index in [0.29, 0.717) is 19.4 Å². The number of carbonyl (C=O) groups excluding carboxylic acids is 2. The Morgan fingerprint density at radius 3 is 0.959 bits per heavy atom. The van der Waals surface area contributed by atoms with Gasteiger partial charge in [0.2, 0.25) is 5.91 Å². The lowest BCUT2D eigenvalue weighted by atomic mass is 10.0. The maximum atomic E-state index is 12.5. The zero-order valence-corrected chi connectivity index (χ0v) is 50.1. The van der Waals surface area contributed by atoms with Crippen molar-refractivity contribution >= 4 is 11.9 Å². The summed E-state index contributed by atoms with van der Waals surface area (Å²) < 4.78 is 5.51. The van der Waals surface area contributed by atoms with Crippen LogP contribution in [0.5, 0.6) is 0 Å². The predicted molar refractivity (Wildman–Crippen MR) is 324 cm³/mol. The molecule has 1 amide bonds. The number of unbranched alkanes of at least 4 members (excludes halogenated alkanes) is 50. The van der Waals surface area contributed by atoms with Crippen molar-refractivity contribution in [2.24, 2.45) is 0 Å². The summed E-state index contributed by atoms with van der Waals surface area (Å²) in [5, 5.41) is 23.1. The van der Waals surface area contributed by atoms with E-state index in [0.717, 1.165) is 38.5 Å². The Kier molecular flexibility index (Phi) is 62.4. The first-order valence-electron chi connectivity index (χ1n) is 33.6. The van der Waals surface area contributed by atoms with Gasteiger partial charge in [0.1, 0.15) is 0 Å². The Morgan fingerprint density at radius 1 is 0.365 bits per heavy atom. The number of carbonyl (C=O) groups is 2. The quantitative estimate of drug-likeness (QED) is 0.0320. The van der Waals surface area contributed by atoms with Crippen LogP contribution in [0.15, 0.2) is 24.3 Å². The van der Waals surface area contributed by atoms with Gasteiger partial charge in [-0.3, -0.25) is 9.59 Å². The summed E-state index contributed by atoms with van der Waals surface area (Å²) in [6.45, 7) is 4.93. The molecule has 0 aliphatic carbocycles. The number of nitrogens with one attached hydrogen (secondary N) is 1. The fourth-order valence-corrected chi connectivity index (χ4v) is 10.6. The van der Waals surface area contributed by atoms with E-state index in [4.69, 9.17) is 4.74 Å². The Hall–Kier alpha value is -1.66. The molecule has 0 aromatic carbocycles. The highest BCUT2D eigenvalue weighted by Gasteiger charge is 2.18. The molecular formula is C68H131NO5. The molecule has 0 aromatic heterocycles. The Labute approximate surface area is 462 Å². The van der Waals surface area contributed by atoms with E-state index in [2.05, 4.69) is 31.3 Å². The van der Waals surface area contributed by atoms with Gasteiger partial charge >= 0.3 is 5.97 Å². The fraction of sp³-hybridized carbons (Fsp3) is 0.912. The minimum absolute atomic E-state index is 0.0170. The SMILES string of the molecule is CCCCCCCCCCCCCCC/C=C/C(O)C(CO)NC(=O)CCCCCCCCCC/C=C\CCCCCCCCCCCCCCOC(=O)CCCCCCCCCCCCCCCCCCCC. The molecule has 2 unspecified atom stereocenters. The van der Waals surface area contributed by atoms with Crippen molar-refractivity contribution in [3.8, 4) is 0 Å². The number of aliphatic hydroxyl groups is 2. The third kappa shape index (κ3) is 59.6. The van der Waals surface area contributed by atoms with Gasteiger partial charge in [-0.2, -0.15) is 0 Å². The lowest BCUT2D eigenvalue weighted by Gasteiger charge is -2.20. The molecule has 6 heteroatoms. The summed E-state index contributed by atoms with van der Waals surface area (Å²) in [5.41, 5.74) is 0. The van der Waals surface area contributed by atoms with Gasteiger partial charge in [0.25, 0.3) is 0 Å². The average molecular weight is 1040 g/mol. The van der Waals surface area contributed by atoms with Crippen LogP contribution >= 0.6 is 0 Å². The topological polar surface area (TPSA) is 95.9 Å². The summed E-state index contributed by atoms with van der Waals surface area (Å²) in [6, 6.07) is -0.631. The lowest BCUT2D eigenvalue weighted by molar-refractivity contribution is -0.143. The van der Waals surface area contributed by atoms with Crippen LogP contribution in [0.25, 0.3) is 0 Å². The first-order chi connectivity index (χ1) is 36.5. The molecule has 0 aromatic rings. The van der Waals surface area contributed by atoms with Gasteiger partial charge in [-0.05, 0) is 57.8 Å². The van der Waals surface area contributed by atoms with E-state index in [9.17, 15) is 19.8 Å². The first kappa shape index (κ1) is 72.3. The normalized spacial score (nSPS) is 12.6. The van der Waals surface area contributed by atoms with E-state index in [1.807, 2.05) is 6.08 Å². The molecule has 74 heavy (non-hydrogen) atoms. The zero-order valence-electron chi connectivity index (χ0n) is 50.1. The van der Waals surface area contributed by atoms with E-state index in [1.165, 1.54) is 308 Å². The van der Waals surface area contributed by atoms with Crippen molar-refractivity contribution in [2.45, 2.75) is 386 Å². The Morgan fingerprint density at radius 2 is 0.635 bits per heavy atom. The van der Waals surface area contributed by atoms with Crippen LogP contribution in [0.3, 0.4) is 0 Å². The van der Waals surface area contributed by atoms with Crippen molar-refractivity contribution < 1.29 is 24.5 Å². The summed E-state index contributed by atoms with van der Waals surface area (Å²) in [5.74, 6) is -0.0535. The number of esters is 1. The van der Waals surface area contributed by atoms with E-state index in [1.54, 1.807) is 6.08 Å². The van der Waals surface area contributed by atoms with Crippen LogP contribution in [-0.2, 0) is 14.3 Å². The summed E-state index contributed by atoms with van der Waals surface area (Å²) in [7, 11) is 0. The number of rotatable bonds is 63.